The average Bonchev–Trinajstić information content (AvgIpc) is 3.36. The zero-order valence-electron chi connectivity index (χ0n) is 19.9. The topological polar surface area (TPSA) is 111 Å². The zero-order valence-corrected chi connectivity index (χ0v) is 19.9. The zero-order chi connectivity index (χ0) is 25.5. The van der Waals surface area contributed by atoms with Crippen LogP contribution in [0.4, 0.5) is 0 Å². The first-order valence-electron chi connectivity index (χ1n) is 11.7. The number of hydrogen-bond acceptors (Lipinski definition) is 6. The molecule has 1 saturated heterocycles. The molecule has 3 aromatic rings. The van der Waals surface area contributed by atoms with E-state index in [-0.39, 0.29) is 18.9 Å². The maximum atomic E-state index is 13.4. The number of nitrogens with one attached hydrogen (secondary N) is 1. The molecular formula is C28H29N3O5. The standard InChI is InChI=1S/C28H29N3O5/c1-36-30-23-16-25(27(34)29-24(18-32)26(33)21-10-6-3-7-11-21)31(17-23)28(35)22-14-12-20(13-15-22)19-8-4-2-5-9-19/h2-15,24-26,32-33H,16-18H2,1H3,(H,29,34)/b30-23-/t24-,25-,26-/m0/s1. The number of carbonyl (C=O) groups is 2. The van der Waals surface area contributed by atoms with E-state index in [0.29, 0.717) is 16.8 Å². The summed E-state index contributed by atoms with van der Waals surface area (Å²) in [5, 5.41) is 27.2. The Labute approximate surface area is 209 Å². The molecule has 0 radical (unpaired) electrons. The number of aliphatic hydroxyl groups excluding tert-OH is 2. The Kier molecular flexibility index (Phi) is 8.10. The first-order chi connectivity index (χ1) is 17.5. The Morgan fingerprint density at radius 3 is 2.22 bits per heavy atom. The fraction of sp³-hybridized carbons (Fsp3) is 0.250. The first-order valence-corrected chi connectivity index (χ1v) is 11.7. The van der Waals surface area contributed by atoms with Crippen molar-refractivity contribution in [3.05, 3.63) is 96.1 Å². The van der Waals surface area contributed by atoms with E-state index in [1.54, 1.807) is 36.4 Å². The molecule has 8 nitrogen and oxygen atoms in total. The predicted octanol–water partition coefficient (Wildman–Crippen LogP) is 2.78. The predicted molar refractivity (Wildman–Crippen MR) is 136 cm³/mol. The van der Waals surface area contributed by atoms with Gasteiger partial charge in [0.05, 0.1) is 24.9 Å². The highest BCUT2D eigenvalue weighted by atomic mass is 16.6. The van der Waals surface area contributed by atoms with Crippen LogP contribution in [0.2, 0.25) is 0 Å². The maximum absolute atomic E-state index is 13.4. The van der Waals surface area contributed by atoms with Gasteiger partial charge in [-0.3, -0.25) is 9.59 Å². The highest BCUT2D eigenvalue weighted by Crippen LogP contribution is 2.24. The molecule has 36 heavy (non-hydrogen) atoms. The molecule has 0 aromatic heterocycles. The van der Waals surface area contributed by atoms with Crippen LogP contribution in [0.3, 0.4) is 0 Å². The van der Waals surface area contributed by atoms with Crippen molar-refractivity contribution in [2.75, 3.05) is 20.3 Å². The summed E-state index contributed by atoms with van der Waals surface area (Å²) in [4.78, 5) is 33.0. The lowest BCUT2D eigenvalue weighted by Crippen LogP contribution is -2.51. The second-order valence-corrected chi connectivity index (χ2v) is 8.59. The van der Waals surface area contributed by atoms with Crippen LogP contribution in [0.15, 0.2) is 90.1 Å². The molecule has 3 aromatic carbocycles. The molecule has 1 aliphatic rings. The molecule has 4 rings (SSSR count). The van der Waals surface area contributed by atoms with E-state index in [4.69, 9.17) is 4.84 Å². The van der Waals surface area contributed by atoms with Gasteiger partial charge in [0.25, 0.3) is 5.91 Å². The van der Waals surface area contributed by atoms with Crippen molar-refractivity contribution in [3.63, 3.8) is 0 Å². The van der Waals surface area contributed by atoms with Crippen molar-refractivity contribution >= 4 is 17.5 Å². The second-order valence-electron chi connectivity index (χ2n) is 8.59. The highest BCUT2D eigenvalue weighted by Gasteiger charge is 2.39. The van der Waals surface area contributed by atoms with Crippen LogP contribution in [0.5, 0.6) is 0 Å². The third-order valence-corrected chi connectivity index (χ3v) is 6.23. The second kappa shape index (κ2) is 11.6. The van der Waals surface area contributed by atoms with Crippen molar-refractivity contribution in [3.8, 4) is 11.1 Å². The molecule has 0 saturated carbocycles. The minimum absolute atomic E-state index is 0.135. The Morgan fingerprint density at radius 1 is 1.00 bits per heavy atom. The first kappa shape index (κ1) is 25.1. The highest BCUT2D eigenvalue weighted by molar-refractivity contribution is 6.05. The van der Waals surface area contributed by atoms with Gasteiger partial charge < -0.3 is 25.3 Å². The minimum Gasteiger partial charge on any atom is -0.399 e. The number of amides is 2. The molecule has 0 aliphatic carbocycles. The summed E-state index contributed by atoms with van der Waals surface area (Å²) in [5.41, 5.74) is 3.57. The van der Waals surface area contributed by atoms with Gasteiger partial charge in [0, 0.05) is 12.0 Å². The van der Waals surface area contributed by atoms with Gasteiger partial charge in [-0.15, -0.1) is 0 Å². The van der Waals surface area contributed by atoms with Crippen LogP contribution in [0, 0.1) is 0 Å². The van der Waals surface area contributed by atoms with E-state index in [1.165, 1.54) is 12.0 Å². The number of aliphatic hydroxyl groups is 2. The van der Waals surface area contributed by atoms with Crippen molar-refractivity contribution < 1.29 is 24.6 Å². The average molecular weight is 488 g/mol. The number of oxime groups is 1. The van der Waals surface area contributed by atoms with Crippen molar-refractivity contribution in [1.82, 2.24) is 10.2 Å². The number of hydrogen-bond donors (Lipinski definition) is 3. The lowest BCUT2D eigenvalue weighted by atomic mass is 10.0. The van der Waals surface area contributed by atoms with Crippen LogP contribution in [-0.2, 0) is 9.63 Å². The van der Waals surface area contributed by atoms with Gasteiger partial charge >= 0.3 is 0 Å². The maximum Gasteiger partial charge on any atom is 0.254 e. The van der Waals surface area contributed by atoms with E-state index in [2.05, 4.69) is 10.5 Å². The molecule has 3 atom stereocenters. The van der Waals surface area contributed by atoms with Crippen molar-refractivity contribution in [2.45, 2.75) is 24.6 Å². The Bertz CT molecular complexity index is 1200. The summed E-state index contributed by atoms with van der Waals surface area (Å²) in [6, 6.07) is 24.0. The van der Waals surface area contributed by atoms with Crippen LogP contribution in [-0.4, -0.2) is 65.0 Å². The van der Waals surface area contributed by atoms with Crippen LogP contribution in [0.25, 0.3) is 11.1 Å². The van der Waals surface area contributed by atoms with E-state index >= 15 is 0 Å². The molecule has 0 unspecified atom stereocenters. The summed E-state index contributed by atoms with van der Waals surface area (Å²) in [6.45, 7) is -0.335. The number of nitrogens with zero attached hydrogens (tertiary/aromatic N) is 2. The molecule has 2 amide bonds. The van der Waals surface area contributed by atoms with Gasteiger partial charge in [-0.05, 0) is 28.8 Å². The normalized spacial score (nSPS) is 18.0. The molecular weight excluding hydrogens is 458 g/mol. The van der Waals surface area contributed by atoms with Gasteiger partial charge in [0.2, 0.25) is 5.91 Å². The van der Waals surface area contributed by atoms with E-state index in [1.807, 2.05) is 48.5 Å². The van der Waals surface area contributed by atoms with E-state index in [9.17, 15) is 19.8 Å². The van der Waals surface area contributed by atoms with Gasteiger partial charge in [0.15, 0.2) is 0 Å². The van der Waals surface area contributed by atoms with Gasteiger partial charge in [-0.25, -0.2) is 0 Å². The van der Waals surface area contributed by atoms with Gasteiger partial charge in [-0.1, -0.05) is 78.0 Å². The molecule has 0 spiro atoms. The Morgan fingerprint density at radius 2 is 1.61 bits per heavy atom. The number of benzene rings is 3. The lowest BCUT2D eigenvalue weighted by Gasteiger charge is -2.28. The molecule has 186 valence electrons. The molecule has 1 heterocycles. The third-order valence-electron chi connectivity index (χ3n) is 6.23. The van der Waals surface area contributed by atoms with Crippen LogP contribution in [0.1, 0.15) is 28.4 Å². The smallest absolute Gasteiger partial charge is 0.254 e. The fourth-order valence-corrected chi connectivity index (χ4v) is 4.34. The molecule has 0 bridgehead atoms. The molecule has 1 aliphatic heterocycles. The van der Waals surface area contributed by atoms with E-state index in [0.717, 1.165) is 11.1 Å². The largest absolute Gasteiger partial charge is 0.399 e. The van der Waals surface area contributed by atoms with Crippen molar-refractivity contribution in [2.24, 2.45) is 5.16 Å². The van der Waals surface area contributed by atoms with Crippen LogP contribution < -0.4 is 5.32 Å². The fourth-order valence-electron chi connectivity index (χ4n) is 4.34. The molecule has 1 fully saturated rings. The van der Waals surface area contributed by atoms with Gasteiger partial charge in [-0.2, -0.15) is 0 Å². The summed E-state index contributed by atoms with van der Waals surface area (Å²) < 4.78 is 0. The summed E-state index contributed by atoms with van der Waals surface area (Å²) in [7, 11) is 1.41. The number of carbonyl (C=O) groups excluding carboxylic acids is 2. The Balaban J connectivity index is 1.52. The Hall–Kier alpha value is -4.01. The number of likely N-dealkylation sites (tertiary alicyclic amines) is 1. The monoisotopic (exact) mass is 487 g/mol. The summed E-state index contributed by atoms with van der Waals surface area (Å²) >= 11 is 0. The number of rotatable bonds is 8. The quantitative estimate of drug-likeness (QED) is 0.423. The van der Waals surface area contributed by atoms with E-state index < -0.39 is 30.7 Å². The third kappa shape index (κ3) is 5.62. The summed E-state index contributed by atoms with van der Waals surface area (Å²) in [6.07, 6.45) is -0.920. The van der Waals surface area contributed by atoms with Crippen LogP contribution >= 0.6 is 0 Å². The molecule has 3 N–H and O–H groups in total. The van der Waals surface area contributed by atoms with Gasteiger partial charge in [0.1, 0.15) is 19.3 Å². The summed E-state index contributed by atoms with van der Waals surface area (Å²) in [5.74, 6) is -0.806. The lowest BCUT2D eigenvalue weighted by molar-refractivity contribution is -0.126. The SMILES string of the molecule is CO/N=C1/C[C@@H](C(=O)N[C@@H](CO)[C@@H](O)c2ccccc2)N(C(=O)c2ccc(-c3ccccc3)cc2)C1. The minimum atomic E-state index is -1.11. The molecule has 8 heteroatoms. The van der Waals surface area contributed by atoms with Crippen molar-refractivity contribution in [1.29, 1.82) is 0 Å².